The maximum absolute atomic E-state index is 12.3. The van der Waals surface area contributed by atoms with Crippen molar-refractivity contribution in [3.05, 3.63) is 23.8 Å². The molecule has 1 saturated heterocycles. The van der Waals surface area contributed by atoms with E-state index in [0.29, 0.717) is 12.8 Å². The van der Waals surface area contributed by atoms with Gasteiger partial charge in [0, 0.05) is 49.4 Å². The second-order valence-electron chi connectivity index (χ2n) is 8.59. The monoisotopic (exact) mass is 407 g/mol. The summed E-state index contributed by atoms with van der Waals surface area (Å²) in [6.07, 6.45) is 2.67. The highest BCUT2D eigenvalue weighted by molar-refractivity contribution is 6.71. The normalized spacial score (nSPS) is 26.6. The Morgan fingerprint density at radius 1 is 1.36 bits per heavy atom. The molecule has 0 aromatic heterocycles. The minimum atomic E-state index is -2.54. The van der Waals surface area contributed by atoms with Crippen LogP contribution in [0.1, 0.15) is 44.3 Å². The van der Waals surface area contributed by atoms with E-state index in [1.54, 1.807) is 7.11 Å². The van der Waals surface area contributed by atoms with Crippen LogP contribution < -0.4 is 9.64 Å². The largest absolute Gasteiger partial charge is 0.490 e. The molecule has 0 aliphatic carbocycles. The molecule has 0 saturated carbocycles. The first-order valence-corrected chi connectivity index (χ1v) is 13.3. The van der Waals surface area contributed by atoms with Gasteiger partial charge in [0.05, 0.1) is 6.10 Å². The maximum Gasteiger partial charge on any atom is 0.226 e. The van der Waals surface area contributed by atoms with Crippen molar-refractivity contribution in [2.75, 3.05) is 25.2 Å². The number of carbonyl (C=O) groups is 1. The van der Waals surface area contributed by atoms with E-state index in [0.717, 1.165) is 36.4 Å². The molecule has 28 heavy (non-hydrogen) atoms. The molecule has 0 bridgehead atoms. The molecule has 1 aromatic carbocycles. The number of aliphatic hydroxyl groups excluding tert-OH is 1. The van der Waals surface area contributed by atoms with Gasteiger partial charge in [-0.25, -0.2) is 0 Å². The number of anilines is 1. The predicted octanol–water partition coefficient (Wildman–Crippen LogP) is 3.24. The molecular weight excluding hydrogens is 374 g/mol. The Balaban J connectivity index is 1.95. The summed E-state index contributed by atoms with van der Waals surface area (Å²) >= 11 is 0. The number of hydrogen-bond donors (Lipinski definition) is 2. The summed E-state index contributed by atoms with van der Waals surface area (Å²) in [7, 11) is -0.852. The summed E-state index contributed by atoms with van der Waals surface area (Å²) in [6, 6.07) is 5.87. The van der Waals surface area contributed by atoms with Crippen molar-refractivity contribution in [3.8, 4) is 5.75 Å². The second kappa shape index (κ2) is 8.53. The first-order valence-electron chi connectivity index (χ1n) is 10.2. The third kappa shape index (κ3) is 4.12. The van der Waals surface area contributed by atoms with Crippen LogP contribution in [0.5, 0.6) is 5.75 Å². The lowest BCUT2D eigenvalue weighted by atomic mass is 9.86. The highest BCUT2D eigenvalue weighted by Crippen LogP contribution is 2.47. The van der Waals surface area contributed by atoms with Crippen LogP contribution in [0.15, 0.2) is 18.2 Å². The Hall–Kier alpha value is -1.41. The number of hydrogen-bond acceptors (Lipinski definition) is 5. The van der Waals surface area contributed by atoms with E-state index in [1.165, 1.54) is 0 Å². The van der Waals surface area contributed by atoms with Crippen LogP contribution in [0.4, 0.5) is 5.69 Å². The van der Waals surface area contributed by atoms with Crippen LogP contribution in [0, 0.1) is 5.92 Å². The fourth-order valence-corrected chi connectivity index (χ4v) is 6.68. The van der Waals surface area contributed by atoms with Crippen molar-refractivity contribution in [1.29, 1.82) is 0 Å². The van der Waals surface area contributed by atoms with Crippen molar-refractivity contribution < 1.29 is 24.2 Å². The molecule has 2 aliphatic rings. The third-order valence-electron chi connectivity index (χ3n) is 6.19. The molecule has 2 N–H and O–H groups in total. The van der Waals surface area contributed by atoms with Gasteiger partial charge in [-0.3, -0.25) is 4.79 Å². The first kappa shape index (κ1) is 21.3. The van der Waals surface area contributed by atoms with Gasteiger partial charge in [-0.15, -0.1) is 0 Å². The van der Waals surface area contributed by atoms with Crippen molar-refractivity contribution in [2.24, 2.45) is 5.92 Å². The molecule has 3 rings (SSSR count). The average molecular weight is 408 g/mol. The molecule has 1 aromatic rings. The number of amides is 1. The Morgan fingerprint density at radius 2 is 2.11 bits per heavy atom. The van der Waals surface area contributed by atoms with Crippen LogP contribution in [-0.2, 0) is 9.53 Å². The van der Waals surface area contributed by atoms with Crippen molar-refractivity contribution >= 4 is 19.9 Å². The van der Waals surface area contributed by atoms with Gasteiger partial charge in [0.1, 0.15) is 11.9 Å². The number of carbonyl (C=O) groups excluding carboxylic acids is 1. The Labute approximate surface area is 168 Å². The zero-order chi connectivity index (χ0) is 20.5. The fraction of sp³-hybridized carbons (Fsp3) is 0.667. The maximum atomic E-state index is 12.3. The van der Waals surface area contributed by atoms with Crippen molar-refractivity contribution in [1.82, 2.24) is 0 Å². The highest BCUT2D eigenvalue weighted by Gasteiger charge is 2.46. The Bertz CT molecular complexity index is 705. The van der Waals surface area contributed by atoms with Crippen molar-refractivity contribution in [3.63, 3.8) is 0 Å². The van der Waals surface area contributed by atoms with E-state index >= 15 is 0 Å². The lowest BCUT2D eigenvalue weighted by molar-refractivity contribution is -0.119. The van der Waals surface area contributed by atoms with Gasteiger partial charge in [0.25, 0.3) is 0 Å². The molecule has 2 heterocycles. The van der Waals surface area contributed by atoms with E-state index in [1.807, 2.05) is 36.2 Å². The number of rotatable bonds is 6. The van der Waals surface area contributed by atoms with Gasteiger partial charge in [-0.1, -0.05) is 6.92 Å². The minimum absolute atomic E-state index is 0.0142. The fourth-order valence-electron chi connectivity index (χ4n) is 4.67. The number of piperidine rings is 1. The smallest absolute Gasteiger partial charge is 0.226 e. The highest BCUT2D eigenvalue weighted by atomic mass is 28.4. The number of aliphatic hydroxyl groups is 1. The SMILES string of the molecule is CO[C@@H]1c2cc(N3CCCCC3=O)ccc2O[C@H](C(CCO)[Si](C)(C)O)[C@H]1C. The third-order valence-corrected chi connectivity index (χ3v) is 8.62. The van der Waals surface area contributed by atoms with Gasteiger partial charge >= 0.3 is 0 Å². The van der Waals surface area contributed by atoms with E-state index < -0.39 is 8.32 Å². The molecule has 7 heteroatoms. The number of methoxy groups -OCH3 is 1. The van der Waals surface area contributed by atoms with Gasteiger partial charge < -0.3 is 24.3 Å². The summed E-state index contributed by atoms with van der Waals surface area (Å²) in [4.78, 5) is 25.0. The summed E-state index contributed by atoms with van der Waals surface area (Å²) in [5.41, 5.74) is 1.74. The van der Waals surface area contributed by atoms with Gasteiger partial charge in [0.2, 0.25) is 5.91 Å². The van der Waals surface area contributed by atoms with Crippen LogP contribution in [-0.4, -0.2) is 50.5 Å². The minimum Gasteiger partial charge on any atom is -0.490 e. The molecule has 156 valence electrons. The van der Waals surface area contributed by atoms with E-state index in [-0.39, 0.29) is 36.2 Å². The van der Waals surface area contributed by atoms with Crippen LogP contribution >= 0.6 is 0 Å². The molecule has 0 radical (unpaired) electrons. The van der Waals surface area contributed by atoms with Gasteiger partial charge in [-0.05, 0) is 50.6 Å². The summed E-state index contributed by atoms with van der Waals surface area (Å²) in [5.74, 6) is 0.920. The zero-order valence-corrected chi connectivity index (χ0v) is 18.4. The standard InChI is InChI=1S/C21H33NO5Si/c1-14-20(26-2)16-13-15(22-11-6-5-7-19(22)24)8-9-17(16)27-21(14)18(10-12-23)28(3,4)25/h8-9,13-14,18,20-21,23,25H,5-7,10-12H2,1-4H3/t14-,18?,20-,21-/m0/s1. The Morgan fingerprint density at radius 3 is 2.71 bits per heavy atom. The summed E-state index contributed by atoms with van der Waals surface area (Å²) in [5, 5.41) is 9.53. The number of fused-ring (bicyclic) bond motifs is 1. The quantitative estimate of drug-likeness (QED) is 0.708. The molecule has 1 fully saturated rings. The first-order chi connectivity index (χ1) is 13.3. The number of benzene rings is 1. The van der Waals surface area contributed by atoms with E-state index in [2.05, 4.69) is 6.92 Å². The van der Waals surface area contributed by atoms with Gasteiger partial charge in [0.15, 0.2) is 8.32 Å². The van der Waals surface area contributed by atoms with Crippen molar-refractivity contribution in [2.45, 2.75) is 63.5 Å². The average Bonchev–Trinajstić information content (AvgIpc) is 2.65. The lowest BCUT2D eigenvalue weighted by Gasteiger charge is -2.44. The summed E-state index contributed by atoms with van der Waals surface area (Å²) in [6.45, 7) is 6.63. The number of ether oxygens (including phenoxy) is 2. The summed E-state index contributed by atoms with van der Waals surface area (Å²) < 4.78 is 12.2. The molecule has 1 amide bonds. The van der Waals surface area contributed by atoms with Crippen LogP contribution in [0.2, 0.25) is 18.6 Å². The predicted molar refractivity (Wildman–Crippen MR) is 111 cm³/mol. The number of nitrogens with zero attached hydrogens (tertiary/aromatic N) is 1. The Kier molecular flexibility index (Phi) is 6.49. The zero-order valence-electron chi connectivity index (χ0n) is 17.4. The molecule has 1 unspecified atom stereocenters. The molecular formula is C21H33NO5Si. The molecule has 0 spiro atoms. The van der Waals surface area contributed by atoms with E-state index in [4.69, 9.17) is 9.47 Å². The molecule has 4 atom stereocenters. The van der Waals surface area contributed by atoms with Gasteiger partial charge in [-0.2, -0.15) is 0 Å². The van der Waals surface area contributed by atoms with Crippen LogP contribution in [0.25, 0.3) is 0 Å². The second-order valence-corrected chi connectivity index (χ2v) is 12.6. The van der Waals surface area contributed by atoms with E-state index in [9.17, 15) is 14.7 Å². The van der Waals surface area contributed by atoms with Crippen LogP contribution in [0.3, 0.4) is 0 Å². The molecule has 6 nitrogen and oxygen atoms in total. The molecule has 2 aliphatic heterocycles. The topological polar surface area (TPSA) is 79.2 Å². The lowest BCUT2D eigenvalue weighted by Crippen LogP contribution is -2.48.